The molecule has 0 N–H and O–H groups in total. The fraction of sp³-hybridized carbons (Fsp3) is 0.435. The van der Waals surface area contributed by atoms with Gasteiger partial charge in [0.15, 0.2) is 5.16 Å². The van der Waals surface area contributed by atoms with Crippen molar-refractivity contribution in [3.05, 3.63) is 51.1 Å². The van der Waals surface area contributed by atoms with Crippen molar-refractivity contribution in [2.75, 3.05) is 12.3 Å². The second kappa shape index (κ2) is 8.94. The third-order valence-electron chi connectivity index (χ3n) is 5.94. The number of likely N-dealkylation sites (tertiary alicyclic amines) is 1. The molecular weight excluding hydrogens is 414 g/mol. The Morgan fingerprint density at radius 3 is 2.83 bits per heavy atom. The first-order valence-electron chi connectivity index (χ1n) is 10.5. The Kier molecular flexibility index (Phi) is 6.29. The maximum absolute atomic E-state index is 13.3. The van der Waals surface area contributed by atoms with Gasteiger partial charge in [-0.1, -0.05) is 24.8 Å². The minimum absolute atomic E-state index is 0.0717. The number of nitrogens with zero attached hydrogens (tertiary/aromatic N) is 3. The van der Waals surface area contributed by atoms with Gasteiger partial charge in [-0.2, -0.15) is 0 Å². The fourth-order valence-corrected chi connectivity index (χ4v) is 5.70. The summed E-state index contributed by atoms with van der Waals surface area (Å²) in [5.74, 6) is 0.432. The zero-order valence-electron chi connectivity index (χ0n) is 17.7. The van der Waals surface area contributed by atoms with E-state index in [0.717, 1.165) is 37.1 Å². The van der Waals surface area contributed by atoms with Gasteiger partial charge in [-0.3, -0.25) is 14.2 Å². The van der Waals surface area contributed by atoms with Crippen LogP contribution in [0.2, 0.25) is 0 Å². The number of rotatable bonds is 5. The predicted octanol–water partition coefficient (Wildman–Crippen LogP) is 4.95. The van der Waals surface area contributed by atoms with Gasteiger partial charge in [0.2, 0.25) is 5.91 Å². The summed E-state index contributed by atoms with van der Waals surface area (Å²) in [4.78, 5) is 33.0. The quantitative estimate of drug-likeness (QED) is 0.415. The number of carbonyl (C=O) groups excluding carboxylic acids is 1. The molecule has 7 heteroatoms. The molecule has 0 bridgehead atoms. The molecule has 1 saturated heterocycles. The molecule has 158 valence electrons. The van der Waals surface area contributed by atoms with Crippen LogP contribution < -0.4 is 5.56 Å². The first-order valence-corrected chi connectivity index (χ1v) is 12.4. The van der Waals surface area contributed by atoms with Crippen molar-refractivity contribution in [1.82, 2.24) is 14.5 Å². The molecule has 5 nitrogen and oxygen atoms in total. The Labute approximate surface area is 185 Å². The minimum Gasteiger partial charge on any atom is -0.339 e. The zero-order valence-corrected chi connectivity index (χ0v) is 19.3. The van der Waals surface area contributed by atoms with Crippen molar-refractivity contribution in [3.8, 4) is 5.69 Å². The summed E-state index contributed by atoms with van der Waals surface area (Å²) < 4.78 is 2.31. The number of thiophene rings is 1. The van der Waals surface area contributed by atoms with Crippen LogP contribution in [0, 0.1) is 13.8 Å². The summed E-state index contributed by atoms with van der Waals surface area (Å²) in [6.45, 7) is 7.07. The van der Waals surface area contributed by atoms with Crippen LogP contribution in [-0.4, -0.2) is 38.7 Å². The molecule has 3 heterocycles. The number of hydrogen-bond donors (Lipinski definition) is 0. The molecule has 4 rings (SSSR count). The van der Waals surface area contributed by atoms with E-state index in [2.05, 4.69) is 13.8 Å². The van der Waals surface area contributed by atoms with Crippen LogP contribution >= 0.6 is 23.1 Å². The lowest BCUT2D eigenvalue weighted by Gasteiger charge is -2.35. The molecule has 0 aliphatic carbocycles. The molecule has 1 atom stereocenters. The molecular formula is C23H27N3O2S2. The number of thioether (sulfide) groups is 1. The first kappa shape index (κ1) is 21.1. The maximum Gasteiger partial charge on any atom is 0.276 e. The van der Waals surface area contributed by atoms with Crippen LogP contribution in [0.25, 0.3) is 15.9 Å². The number of piperidine rings is 1. The van der Waals surface area contributed by atoms with E-state index in [4.69, 9.17) is 4.98 Å². The third kappa shape index (κ3) is 4.05. The van der Waals surface area contributed by atoms with Crippen molar-refractivity contribution in [1.29, 1.82) is 0 Å². The minimum atomic E-state index is -0.0717. The second-order valence-corrected chi connectivity index (χ2v) is 9.73. The number of benzene rings is 1. The van der Waals surface area contributed by atoms with Crippen LogP contribution in [-0.2, 0) is 4.79 Å². The summed E-state index contributed by atoms with van der Waals surface area (Å²) in [5.41, 5.74) is 3.72. The van der Waals surface area contributed by atoms with Crippen LogP contribution in [0.4, 0.5) is 0 Å². The van der Waals surface area contributed by atoms with Crippen LogP contribution in [0.3, 0.4) is 0 Å². The van der Waals surface area contributed by atoms with Gasteiger partial charge in [-0.05, 0) is 74.2 Å². The molecule has 3 aromatic rings. The molecule has 0 unspecified atom stereocenters. The summed E-state index contributed by atoms with van der Waals surface area (Å²) in [6.07, 6.45) is 4.33. The SMILES string of the molecule is CC[C@@H]1CCCCN1C(=O)CSc1nc2ccsc2c(=O)n1-c1ccc(C)c(C)c1. The Morgan fingerprint density at radius 2 is 2.07 bits per heavy atom. The molecule has 1 aliphatic heterocycles. The van der Waals surface area contributed by atoms with Gasteiger partial charge in [-0.25, -0.2) is 4.98 Å². The molecule has 1 aliphatic rings. The average molecular weight is 442 g/mol. The largest absolute Gasteiger partial charge is 0.339 e. The van der Waals surface area contributed by atoms with Crippen molar-refractivity contribution in [3.63, 3.8) is 0 Å². The van der Waals surface area contributed by atoms with Crippen LogP contribution in [0.5, 0.6) is 0 Å². The maximum atomic E-state index is 13.3. The number of fused-ring (bicyclic) bond motifs is 1. The van der Waals surface area contributed by atoms with Crippen LogP contribution in [0.15, 0.2) is 39.6 Å². The Hall–Kier alpha value is -2.12. The zero-order chi connectivity index (χ0) is 21.3. The molecule has 0 spiro atoms. The molecule has 30 heavy (non-hydrogen) atoms. The van der Waals surface area contributed by atoms with Gasteiger partial charge < -0.3 is 4.90 Å². The summed E-state index contributed by atoms with van der Waals surface area (Å²) in [7, 11) is 0. The Balaban J connectivity index is 1.68. The fourth-order valence-electron chi connectivity index (χ4n) is 4.04. The van der Waals surface area contributed by atoms with Gasteiger partial charge in [0.1, 0.15) is 4.70 Å². The van der Waals surface area contributed by atoms with Gasteiger partial charge in [0, 0.05) is 12.6 Å². The van der Waals surface area contributed by atoms with Gasteiger partial charge in [0.25, 0.3) is 5.56 Å². The smallest absolute Gasteiger partial charge is 0.276 e. The van der Waals surface area contributed by atoms with Crippen molar-refractivity contribution in [2.45, 2.75) is 57.7 Å². The van der Waals surface area contributed by atoms with E-state index in [9.17, 15) is 9.59 Å². The molecule has 1 fully saturated rings. The highest BCUT2D eigenvalue weighted by molar-refractivity contribution is 7.99. The van der Waals surface area contributed by atoms with E-state index < -0.39 is 0 Å². The lowest BCUT2D eigenvalue weighted by molar-refractivity contribution is -0.132. The Bertz CT molecular complexity index is 1140. The summed E-state index contributed by atoms with van der Waals surface area (Å²) in [6, 6.07) is 8.20. The van der Waals surface area contributed by atoms with E-state index in [-0.39, 0.29) is 11.5 Å². The monoisotopic (exact) mass is 441 g/mol. The summed E-state index contributed by atoms with van der Waals surface area (Å²) in [5, 5.41) is 2.47. The van der Waals surface area contributed by atoms with E-state index in [1.807, 2.05) is 41.5 Å². The first-order chi connectivity index (χ1) is 14.5. The van der Waals surface area contributed by atoms with E-state index >= 15 is 0 Å². The van der Waals surface area contributed by atoms with Crippen molar-refractivity contribution >= 4 is 39.2 Å². The van der Waals surface area contributed by atoms with E-state index in [1.165, 1.54) is 35.1 Å². The van der Waals surface area contributed by atoms with E-state index in [1.54, 1.807) is 4.57 Å². The molecule has 2 aromatic heterocycles. The van der Waals surface area contributed by atoms with Gasteiger partial charge >= 0.3 is 0 Å². The van der Waals surface area contributed by atoms with Crippen molar-refractivity contribution in [2.24, 2.45) is 0 Å². The highest BCUT2D eigenvalue weighted by atomic mass is 32.2. The topological polar surface area (TPSA) is 55.2 Å². The molecule has 1 aromatic carbocycles. The molecule has 1 amide bonds. The second-order valence-electron chi connectivity index (χ2n) is 7.87. The van der Waals surface area contributed by atoms with Gasteiger partial charge in [0.05, 0.1) is 17.0 Å². The Morgan fingerprint density at radius 1 is 1.23 bits per heavy atom. The standard InChI is InChI=1S/C23H27N3O2S2/c1-4-17-7-5-6-11-25(17)20(27)14-30-23-24-19-10-12-29-21(19)22(28)26(23)18-9-8-15(2)16(3)13-18/h8-10,12-13,17H,4-7,11,14H2,1-3H3/t17-/m1/s1. The third-order valence-corrected chi connectivity index (χ3v) is 7.76. The number of carbonyl (C=O) groups is 1. The highest BCUT2D eigenvalue weighted by Gasteiger charge is 2.26. The lowest BCUT2D eigenvalue weighted by Crippen LogP contribution is -2.44. The number of aromatic nitrogens is 2. The number of aryl methyl sites for hydroxylation is 2. The van der Waals surface area contributed by atoms with Crippen LogP contribution in [0.1, 0.15) is 43.7 Å². The summed E-state index contributed by atoms with van der Waals surface area (Å²) >= 11 is 2.77. The normalized spacial score (nSPS) is 16.9. The predicted molar refractivity (Wildman–Crippen MR) is 125 cm³/mol. The lowest BCUT2D eigenvalue weighted by atomic mass is 10.0. The number of amides is 1. The average Bonchev–Trinajstić information content (AvgIpc) is 3.23. The van der Waals surface area contributed by atoms with Crippen molar-refractivity contribution < 1.29 is 4.79 Å². The van der Waals surface area contributed by atoms with E-state index in [0.29, 0.717) is 27.2 Å². The van der Waals surface area contributed by atoms with Gasteiger partial charge in [-0.15, -0.1) is 11.3 Å². The molecule has 0 radical (unpaired) electrons. The number of hydrogen-bond acceptors (Lipinski definition) is 5. The highest BCUT2D eigenvalue weighted by Crippen LogP contribution is 2.26. The molecule has 0 saturated carbocycles.